The van der Waals surface area contributed by atoms with Crippen molar-refractivity contribution in [2.45, 2.75) is 0 Å². The predicted molar refractivity (Wildman–Crippen MR) is 147 cm³/mol. The summed E-state index contributed by atoms with van der Waals surface area (Å²) in [5, 5.41) is 9.93. The van der Waals surface area contributed by atoms with Gasteiger partial charge in [0.15, 0.2) is 11.5 Å². The van der Waals surface area contributed by atoms with Crippen LogP contribution in [0.5, 0.6) is 17.2 Å². The molecule has 1 fully saturated rings. The molecular weight excluding hydrogens is 486 g/mol. The Bertz CT molecular complexity index is 1440. The van der Waals surface area contributed by atoms with Gasteiger partial charge in [-0.2, -0.15) is 20.1 Å². The molecule has 0 unspecified atom stereocenters. The molecule has 1 aliphatic heterocycles. The van der Waals surface area contributed by atoms with Gasteiger partial charge in [0.25, 0.3) is 0 Å². The summed E-state index contributed by atoms with van der Waals surface area (Å²) in [7, 11) is 4.73. The Morgan fingerprint density at radius 3 is 2.29 bits per heavy atom. The van der Waals surface area contributed by atoms with E-state index in [1.165, 1.54) is 0 Å². The Balaban J connectivity index is 1.42. The molecule has 1 saturated heterocycles. The minimum atomic E-state index is 0.292. The summed E-state index contributed by atoms with van der Waals surface area (Å²) in [5.74, 6) is 2.93. The number of morpholine rings is 1. The van der Waals surface area contributed by atoms with Crippen LogP contribution < -0.4 is 29.9 Å². The quantitative estimate of drug-likeness (QED) is 0.250. The minimum absolute atomic E-state index is 0.292. The molecule has 0 aliphatic carbocycles. The highest BCUT2D eigenvalue weighted by Gasteiger charge is 2.17. The van der Waals surface area contributed by atoms with E-state index in [0.29, 0.717) is 67.0 Å². The van der Waals surface area contributed by atoms with Gasteiger partial charge in [-0.3, -0.25) is 0 Å². The highest BCUT2D eigenvalue weighted by molar-refractivity contribution is 5.86. The molecule has 5 rings (SSSR count). The number of benzene rings is 3. The average Bonchev–Trinajstić information content (AvgIpc) is 2.97. The molecule has 1 aliphatic rings. The third kappa shape index (κ3) is 5.68. The molecule has 38 heavy (non-hydrogen) atoms. The van der Waals surface area contributed by atoms with E-state index in [1.54, 1.807) is 39.7 Å². The van der Waals surface area contributed by atoms with E-state index in [2.05, 4.69) is 60.0 Å². The number of rotatable bonds is 9. The highest BCUT2D eigenvalue weighted by Crippen LogP contribution is 2.33. The summed E-state index contributed by atoms with van der Waals surface area (Å²) in [5.41, 5.74) is 4.48. The van der Waals surface area contributed by atoms with E-state index < -0.39 is 0 Å². The van der Waals surface area contributed by atoms with E-state index in [0.717, 1.165) is 16.5 Å². The first-order chi connectivity index (χ1) is 18.7. The molecule has 0 radical (unpaired) electrons. The average molecular weight is 516 g/mol. The molecule has 0 atom stereocenters. The lowest BCUT2D eigenvalue weighted by atomic mass is 10.1. The number of methoxy groups -OCH3 is 3. The first-order valence-corrected chi connectivity index (χ1v) is 12.1. The number of fused-ring (bicyclic) bond motifs is 1. The number of nitrogens with one attached hydrogen (secondary N) is 2. The second-order valence-electron chi connectivity index (χ2n) is 8.39. The maximum Gasteiger partial charge on any atom is 0.250 e. The number of aromatic nitrogens is 3. The van der Waals surface area contributed by atoms with Gasteiger partial charge in [-0.25, -0.2) is 5.43 Å². The Kier molecular flexibility index (Phi) is 7.65. The highest BCUT2D eigenvalue weighted by atomic mass is 16.5. The van der Waals surface area contributed by atoms with Gasteiger partial charge in [0.2, 0.25) is 17.8 Å². The predicted octanol–water partition coefficient (Wildman–Crippen LogP) is 4.08. The van der Waals surface area contributed by atoms with E-state index in [4.69, 9.17) is 18.9 Å². The van der Waals surface area contributed by atoms with Gasteiger partial charge in [0, 0.05) is 30.4 Å². The zero-order chi connectivity index (χ0) is 26.3. The van der Waals surface area contributed by atoms with E-state index in [9.17, 15) is 0 Å². The van der Waals surface area contributed by atoms with Gasteiger partial charge in [-0.1, -0.05) is 30.3 Å². The number of nitrogens with zero attached hydrogens (tertiary/aromatic N) is 5. The number of anilines is 4. The monoisotopic (exact) mass is 515 g/mol. The van der Waals surface area contributed by atoms with Gasteiger partial charge in [0.05, 0.1) is 40.8 Å². The summed E-state index contributed by atoms with van der Waals surface area (Å²) in [6, 6.07) is 17.8. The maximum atomic E-state index is 5.49. The molecule has 2 N–H and O–H groups in total. The third-order valence-corrected chi connectivity index (χ3v) is 6.03. The lowest BCUT2D eigenvalue weighted by molar-refractivity contribution is 0.122. The lowest BCUT2D eigenvalue weighted by Crippen LogP contribution is -2.37. The summed E-state index contributed by atoms with van der Waals surface area (Å²) in [6.07, 6.45) is 1.61. The van der Waals surface area contributed by atoms with Gasteiger partial charge in [0.1, 0.15) is 5.75 Å². The molecule has 4 aromatic rings. The normalized spacial score (nSPS) is 13.5. The summed E-state index contributed by atoms with van der Waals surface area (Å²) >= 11 is 0. The van der Waals surface area contributed by atoms with E-state index >= 15 is 0 Å². The Hall–Kier alpha value is -4.64. The van der Waals surface area contributed by atoms with Crippen LogP contribution >= 0.6 is 0 Å². The second-order valence-corrected chi connectivity index (χ2v) is 8.39. The van der Waals surface area contributed by atoms with Gasteiger partial charge in [-0.05, 0) is 29.0 Å². The van der Waals surface area contributed by atoms with Crippen molar-refractivity contribution < 1.29 is 18.9 Å². The fraction of sp³-hybridized carbons (Fsp3) is 0.259. The second kappa shape index (κ2) is 11.6. The molecule has 196 valence electrons. The van der Waals surface area contributed by atoms with Crippen molar-refractivity contribution in [1.82, 2.24) is 15.0 Å². The Morgan fingerprint density at radius 1 is 0.816 bits per heavy atom. The Morgan fingerprint density at radius 2 is 1.53 bits per heavy atom. The van der Waals surface area contributed by atoms with Crippen LogP contribution in [0.2, 0.25) is 0 Å². The SMILES string of the molecule is COc1cc(OC)c(OC)cc1C=NNc1nc(Nc2ccc3ccccc3c2)nc(N2CCOCC2)n1. The fourth-order valence-corrected chi connectivity index (χ4v) is 4.08. The van der Waals surface area contributed by atoms with Crippen molar-refractivity contribution in [3.05, 3.63) is 60.2 Å². The molecule has 0 amide bonds. The number of hydrogen-bond acceptors (Lipinski definition) is 11. The number of hydrogen-bond donors (Lipinski definition) is 2. The van der Waals surface area contributed by atoms with Crippen LogP contribution in [-0.2, 0) is 4.74 Å². The first-order valence-electron chi connectivity index (χ1n) is 12.1. The molecule has 0 spiro atoms. The van der Waals surface area contributed by atoms with E-state index in [1.807, 2.05) is 18.2 Å². The van der Waals surface area contributed by atoms with Crippen LogP contribution in [0.4, 0.5) is 23.5 Å². The standard InChI is InChI=1S/C27H29N7O4/c1-35-22-16-24(37-3)23(36-2)15-20(22)17-28-33-26-30-25(31-27(32-26)34-10-12-38-13-11-34)29-21-9-8-18-6-4-5-7-19(18)14-21/h4-9,14-17H,10-13H2,1-3H3,(H2,29,30,31,32,33). The molecule has 11 nitrogen and oxygen atoms in total. The van der Waals surface area contributed by atoms with Gasteiger partial charge >= 0.3 is 0 Å². The Labute approximate surface area is 220 Å². The van der Waals surface area contributed by atoms with Crippen molar-refractivity contribution in [1.29, 1.82) is 0 Å². The van der Waals surface area contributed by atoms with Crippen molar-refractivity contribution in [2.24, 2.45) is 5.10 Å². The van der Waals surface area contributed by atoms with Crippen LogP contribution in [-0.4, -0.2) is 68.8 Å². The van der Waals surface area contributed by atoms with Crippen molar-refractivity contribution in [2.75, 3.05) is 63.3 Å². The zero-order valence-corrected chi connectivity index (χ0v) is 21.5. The smallest absolute Gasteiger partial charge is 0.250 e. The zero-order valence-electron chi connectivity index (χ0n) is 21.5. The van der Waals surface area contributed by atoms with Crippen LogP contribution in [0.3, 0.4) is 0 Å². The summed E-state index contributed by atoms with van der Waals surface area (Å²) < 4.78 is 21.7. The molecule has 2 heterocycles. The summed E-state index contributed by atoms with van der Waals surface area (Å²) in [4.78, 5) is 15.9. The molecular formula is C27H29N7O4. The van der Waals surface area contributed by atoms with Gasteiger partial charge in [-0.15, -0.1) is 0 Å². The molecule has 3 aromatic carbocycles. The van der Waals surface area contributed by atoms with Crippen LogP contribution in [0, 0.1) is 0 Å². The van der Waals surface area contributed by atoms with Crippen molar-refractivity contribution >= 4 is 40.5 Å². The van der Waals surface area contributed by atoms with Crippen LogP contribution in [0.1, 0.15) is 5.56 Å². The van der Waals surface area contributed by atoms with Crippen LogP contribution in [0.25, 0.3) is 10.8 Å². The minimum Gasteiger partial charge on any atom is -0.496 e. The molecule has 0 saturated carbocycles. The van der Waals surface area contributed by atoms with Crippen molar-refractivity contribution in [3.8, 4) is 17.2 Å². The maximum absolute atomic E-state index is 5.49. The number of ether oxygens (including phenoxy) is 4. The summed E-state index contributed by atoms with van der Waals surface area (Å²) in [6.45, 7) is 2.59. The largest absolute Gasteiger partial charge is 0.496 e. The molecule has 0 bridgehead atoms. The fourth-order valence-electron chi connectivity index (χ4n) is 4.08. The lowest BCUT2D eigenvalue weighted by Gasteiger charge is -2.27. The van der Waals surface area contributed by atoms with Gasteiger partial charge < -0.3 is 29.2 Å². The van der Waals surface area contributed by atoms with Crippen molar-refractivity contribution in [3.63, 3.8) is 0 Å². The van der Waals surface area contributed by atoms with Crippen LogP contribution in [0.15, 0.2) is 59.7 Å². The third-order valence-electron chi connectivity index (χ3n) is 6.03. The van der Waals surface area contributed by atoms with E-state index in [-0.39, 0.29) is 0 Å². The topological polar surface area (TPSA) is 115 Å². The number of hydrazone groups is 1. The molecule has 1 aromatic heterocycles. The molecule has 11 heteroatoms. The first kappa shape index (κ1) is 25.0.